The fourth-order valence-corrected chi connectivity index (χ4v) is 3.97. The van der Waals surface area contributed by atoms with Gasteiger partial charge < -0.3 is 18.9 Å². The second-order valence-electron chi connectivity index (χ2n) is 6.83. The zero-order valence-corrected chi connectivity index (χ0v) is 19.6. The standard InChI is InChI=1S/C22H21FN2O5P2/c1-2-27-15-6-3-5-12(11-29-22(26)16-7-4-8-28-16)18(15)30-19-17(23)20(31)13(9-24)14(10-25)21(19)32/h3,5-6,16H,2,4,7-8,11,31-32H2,1H3. The molecule has 1 aliphatic heterocycles. The van der Waals surface area contributed by atoms with Crippen LogP contribution < -0.4 is 20.1 Å². The number of benzene rings is 2. The van der Waals surface area contributed by atoms with Gasteiger partial charge in [0.2, 0.25) is 0 Å². The van der Waals surface area contributed by atoms with Crippen molar-refractivity contribution >= 4 is 35.1 Å². The molecule has 0 saturated carbocycles. The Morgan fingerprint density at radius 3 is 2.56 bits per heavy atom. The van der Waals surface area contributed by atoms with Gasteiger partial charge in [0.25, 0.3) is 0 Å². The number of halogens is 1. The fraction of sp³-hybridized carbons (Fsp3) is 0.318. The largest absolute Gasteiger partial charge is 0.490 e. The summed E-state index contributed by atoms with van der Waals surface area (Å²) < 4.78 is 37.4. The third kappa shape index (κ3) is 4.84. The third-order valence-corrected chi connectivity index (χ3v) is 5.91. The van der Waals surface area contributed by atoms with E-state index in [-0.39, 0.29) is 39.8 Å². The quantitative estimate of drug-likeness (QED) is 0.449. The van der Waals surface area contributed by atoms with Crippen LogP contribution in [0, 0.1) is 28.5 Å². The third-order valence-electron chi connectivity index (χ3n) is 4.82. The van der Waals surface area contributed by atoms with Gasteiger partial charge in [-0.3, -0.25) is 0 Å². The van der Waals surface area contributed by atoms with Gasteiger partial charge in [0.15, 0.2) is 29.2 Å². The van der Waals surface area contributed by atoms with Crippen molar-refractivity contribution in [3.8, 4) is 29.4 Å². The Labute approximate surface area is 189 Å². The number of esters is 1. The Morgan fingerprint density at radius 1 is 1.22 bits per heavy atom. The van der Waals surface area contributed by atoms with Crippen molar-refractivity contribution in [3.05, 3.63) is 40.7 Å². The zero-order valence-electron chi connectivity index (χ0n) is 17.3. The van der Waals surface area contributed by atoms with E-state index in [1.807, 2.05) is 12.1 Å². The SMILES string of the molecule is CCOc1cccc(COC(=O)C2CCCO2)c1Oc1c(F)c(P)c(C#N)c(C#N)c1P. The highest BCUT2D eigenvalue weighted by Gasteiger charge is 2.27. The first kappa shape index (κ1) is 23.9. The second kappa shape index (κ2) is 10.7. The predicted molar refractivity (Wildman–Crippen MR) is 121 cm³/mol. The van der Waals surface area contributed by atoms with Gasteiger partial charge in [0.1, 0.15) is 18.7 Å². The molecule has 3 atom stereocenters. The second-order valence-corrected chi connectivity index (χ2v) is 7.99. The van der Waals surface area contributed by atoms with E-state index in [1.165, 1.54) is 0 Å². The van der Waals surface area contributed by atoms with Crippen molar-refractivity contribution < 1.29 is 28.1 Å². The molecule has 0 spiro atoms. The molecule has 0 radical (unpaired) electrons. The van der Waals surface area contributed by atoms with E-state index < -0.39 is 17.9 Å². The Balaban J connectivity index is 2.00. The van der Waals surface area contributed by atoms with Crippen molar-refractivity contribution in [2.75, 3.05) is 13.2 Å². The minimum absolute atomic E-state index is 0.0147. The van der Waals surface area contributed by atoms with E-state index in [2.05, 4.69) is 18.5 Å². The van der Waals surface area contributed by atoms with Gasteiger partial charge >= 0.3 is 5.97 Å². The molecule has 3 rings (SSSR count). The molecule has 10 heteroatoms. The van der Waals surface area contributed by atoms with Crippen LogP contribution in [0.2, 0.25) is 0 Å². The molecule has 166 valence electrons. The summed E-state index contributed by atoms with van der Waals surface area (Å²) in [6.07, 6.45) is 0.797. The highest BCUT2D eigenvalue weighted by molar-refractivity contribution is 7.29. The molecule has 0 aliphatic carbocycles. The highest BCUT2D eigenvalue weighted by atomic mass is 31.0. The molecule has 0 N–H and O–H groups in total. The summed E-state index contributed by atoms with van der Waals surface area (Å²) in [7, 11) is 4.38. The van der Waals surface area contributed by atoms with Crippen LogP contribution in [-0.4, -0.2) is 25.3 Å². The summed E-state index contributed by atoms with van der Waals surface area (Å²) in [5, 5.41) is 18.8. The van der Waals surface area contributed by atoms with Crippen molar-refractivity contribution in [1.82, 2.24) is 0 Å². The predicted octanol–water partition coefficient (Wildman–Crippen LogP) is 2.98. The van der Waals surface area contributed by atoms with Crippen LogP contribution in [-0.2, 0) is 20.9 Å². The number of carbonyl (C=O) groups excluding carboxylic acids is 1. The van der Waals surface area contributed by atoms with Crippen LogP contribution in [0.4, 0.5) is 4.39 Å². The molecule has 2 aromatic carbocycles. The van der Waals surface area contributed by atoms with Crippen LogP contribution in [0.1, 0.15) is 36.5 Å². The summed E-state index contributed by atoms with van der Waals surface area (Å²) in [6, 6.07) is 8.76. The molecular weight excluding hydrogens is 453 g/mol. The number of hydrogen-bond acceptors (Lipinski definition) is 7. The number of carbonyl (C=O) groups is 1. The summed E-state index contributed by atoms with van der Waals surface area (Å²) in [5.41, 5.74) is 0.342. The van der Waals surface area contributed by atoms with Gasteiger partial charge in [-0.15, -0.1) is 9.24 Å². The maximum Gasteiger partial charge on any atom is 0.335 e. The van der Waals surface area contributed by atoms with E-state index in [4.69, 9.17) is 18.9 Å². The van der Waals surface area contributed by atoms with Crippen LogP contribution in [0.15, 0.2) is 18.2 Å². The summed E-state index contributed by atoms with van der Waals surface area (Å²) in [6.45, 7) is 2.47. The molecule has 7 nitrogen and oxygen atoms in total. The number of ether oxygens (including phenoxy) is 4. The lowest BCUT2D eigenvalue weighted by molar-refractivity contribution is -0.155. The van der Waals surface area contributed by atoms with Crippen molar-refractivity contribution in [2.24, 2.45) is 0 Å². The van der Waals surface area contributed by atoms with E-state index in [1.54, 1.807) is 25.1 Å². The van der Waals surface area contributed by atoms with Gasteiger partial charge in [-0.2, -0.15) is 10.5 Å². The molecule has 1 heterocycles. The summed E-state index contributed by atoms with van der Waals surface area (Å²) >= 11 is 0. The Kier molecular flexibility index (Phi) is 7.99. The number of nitriles is 2. The first-order chi connectivity index (χ1) is 15.4. The molecular formula is C22H21FN2O5P2. The van der Waals surface area contributed by atoms with E-state index in [0.717, 1.165) is 6.42 Å². The molecule has 0 amide bonds. The lowest BCUT2D eigenvalue weighted by Crippen LogP contribution is -2.22. The van der Waals surface area contributed by atoms with Crippen molar-refractivity contribution in [2.45, 2.75) is 32.5 Å². The van der Waals surface area contributed by atoms with Crippen LogP contribution in [0.5, 0.6) is 17.2 Å². The Morgan fingerprint density at radius 2 is 1.94 bits per heavy atom. The van der Waals surface area contributed by atoms with Crippen LogP contribution in [0.3, 0.4) is 0 Å². The molecule has 2 aromatic rings. The summed E-state index contributed by atoms with van der Waals surface area (Å²) in [5.74, 6) is -1.06. The van der Waals surface area contributed by atoms with Crippen LogP contribution >= 0.6 is 18.5 Å². The number of nitrogens with zero attached hydrogens (tertiary/aromatic N) is 2. The first-order valence-electron chi connectivity index (χ1n) is 9.84. The number of rotatable bonds is 7. The molecule has 0 aromatic heterocycles. The van der Waals surface area contributed by atoms with Gasteiger partial charge in [0.05, 0.1) is 17.7 Å². The molecule has 1 saturated heterocycles. The molecule has 0 bridgehead atoms. The summed E-state index contributed by atoms with van der Waals surface area (Å²) in [4.78, 5) is 12.3. The fourth-order valence-electron chi connectivity index (χ4n) is 3.23. The molecule has 1 aliphatic rings. The topological polar surface area (TPSA) is 102 Å². The lowest BCUT2D eigenvalue weighted by Gasteiger charge is -2.19. The maximum atomic E-state index is 15.1. The van der Waals surface area contributed by atoms with E-state index in [9.17, 15) is 15.3 Å². The minimum atomic E-state index is -0.802. The average molecular weight is 474 g/mol. The number of para-hydroxylation sites is 1. The maximum absolute atomic E-state index is 15.1. The van der Waals surface area contributed by atoms with Crippen molar-refractivity contribution in [1.29, 1.82) is 10.5 Å². The van der Waals surface area contributed by atoms with E-state index >= 15 is 4.39 Å². The highest BCUT2D eigenvalue weighted by Crippen LogP contribution is 2.37. The average Bonchev–Trinajstić information content (AvgIpc) is 3.33. The van der Waals surface area contributed by atoms with Crippen LogP contribution in [0.25, 0.3) is 0 Å². The minimum Gasteiger partial charge on any atom is -0.490 e. The van der Waals surface area contributed by atoms with E-state index in [0.29, 0.717) is 30.9 Å². The van der Waals surface area contributed by atoms with Gasteiger partial charge in [-0.1, -0.05) is 21.4 Å². The Hall–Kier alpha value is -2.76. The van der Waals surface area contributed by atoms with Gasteiger partial charge in [0, 0.05) is 22.8 Å². The zero-order chi connectivity index (χ0) is 23.3. The van der Waals surface area contributed by atoms with Gasteiger partial charge in [-0.25, -0.2) is 9.18 Å². The lowest BCUT2D eigenvalue weighted by atomic mass is 10.1. The monoisotopic (exact) mass is 474 g/mol. The first-order valence-corrected chi connectivity index (χ1v) is 11.0. The normalized spacial score (nSPS) is 15.0. The molecule has 32 heavy (non-hydrogen) atoms. The van der Waals surface area contributed by atoms with Gasteiger partial charge in [-0.05, 0) is 25.8 Å². The molecule has 3 unspecified atom stereocenters. The Bertz CT molecular complexity index is 1120. The smallest absolute Gasteiger partial charge is 0.335 e. The molecule has 1 fully saturated rings. The van der Waals surface area contributed by atoms with Crippen molar-refractivity contribution in [3.63, 3.8) is 0 Å². The number of hydrogen-bond donors (Lipinski definition) is 0.